The van der Waals surface area contributed by atoms with Crippen LogP contribution in [0.2, 0.25) is 0 Å². The van der Waals surface area contributed by atoms with Crippen molar-refractivity contribution in [3.63, 3.8) is 0 Å². The van der Waals surface area contributed by atoms with Crippen LogP contribution in [-0.2, 0) is 0 Å². The van der Waals surface area contributed by atoms with Crippen molar-refractivity contribution >= 4 is 11.7 Å². The van der Waals surface area contributed by atoms with E-state index >= 15 is 0 Å². The highest BCUT2D eigenvalue weighted by molar-refractivity contribution is 5.95. The van der Waals surface area contributed by atoms with E-state index in [4.69, 9.17) is 15.2 Å². The van der Waals surface area contributed by atoms with E-state index in [2.05, 4.69) is 10.4 Å². The Balaban J connectivity index is 1.43. The van der Waals surface area contributed by atoms with Gasteiger partial charge in [-0.2, -0.15) is 18.3 Å². The van der Waals surface area contributed by atoms with Crippen LogP contribution in [0.1, 0.15) is 40.8 Å². The van der Waals surface area contributed by atoms with Gasteiger partial charge in [-0.05, 0) is 36.2 Å². The molecule has 3 heterocycles. The van der Waals surface area contributed by atoms with Gasteiger partial charge in [0, 0.05) is 42.7 Å². The number of fused-ring (bicyclic) bond motifs is 1. The second kappa shape index (κ2) is 9.62. The summed E-state index contributed by atoms with van der Waals surface area (Å²) < 4.78 is 53.9. The molecule has 11 heteroatoms. The molecule has 37 heavy (non-hydrogen) atoms. The molecule has 8 nitrogen and oxygen atoms in total. The van der Waals surface area contributed by atoms with Crippen molar-refractivity contribution in [1.82, 2.24) is 14.7 Å². The van der Waals surface area contributed by atoms with Crippen LogP contribution in [0.15, 0.2) is 48.5 Å². The number of rotatable bonds is 5. The summed E-state index contributed by atoms with van der Waals surface area (Å²) in [5, 5.41) is 7.49. The second-order valence-electron chi connectivity index (χ2n) is 9.34. The van der Waals surface area contributed by atoms with Crippen molar-refractivity contribution in [3.8, 4) is 22.8 Å². The van der Waals surface area contributed by atoms with E-state index in [1.165, 1.54) is 14.2 Å². The fourth-order valence-corrected chi connectivity index (χ4v) is 4.94. The third-order valence-corrected chi connectivity index (χ3v) is 6.94. The van der Waals surface area contributed by atoms with Crippen molar-refractivity contribution in [2.75, 3.05) is 32.6 Å². The average Bonchev–Trinajstić information content (AvgIpc) is 3.53. The first-order valence-corrected chi connectivity index (χ1v) is 12.0. The lowest BCUT2D eigenvalue weighted by Gasteiger charge is -2.33. The van der Waals surface area contributed by atoms with E-state index in [1.807, 2.05) is 0 Å². The minimum atomic E-state index is -4.50. The summed E-state index contributed by atoms with van der Waals surface area (Å²) in [4.78, 5) is 14.4. The van der Waals surface area contributed by atoms with E-state index in [0.717, 1.165) is 11.1 Å². The Kier molecular flexibility index (Phi) is 6.49. The molecular weight excluding hydrogens is 487 g/mol. The lowest BCUT2D eigenvalue weighted by molar-refractivity contribution is -0.173. The van der Waals surface area contributed by atoms with Crippen molar-refractivity contribution in [3.05, 3.63) is 59.7 Å². The maximum Gasteiger partial charge on any atom is 0.410 e. The standard InChI is InChI=1S/C26H28F3N5O3/c1-36-21-8-7-17(11-22(21)37-2)19-12-23(26(27,28)29)34-24(31-19)13-20(32-34)15-3-5-16(6-4-15)25(35)33-10-9-18(30)14-33/h3-8,11,13,18-19,23,31H,9-10,12,14,30H2,1-2H3. The number of benzene rings is 2. The monoisotopic (exact) mass is 515 g/mol. The highest BCUT2D eigenvalue weighted by Gasteiger charge is 2.46. The Morgan fingerprint density at radius 3 is 2.43 bits per heavy atom. The van der Waals surface area contributed by atoms with Crippen LogP contribution >= 0.6 is 0 Å². The Bertz CT molecular complexity index is 1290. The summed E-state index contributed by atoms with van der Waals surface area (Å²) in [6.07, 6.45) is -3.97. The van der Waals surface area contributed by atoms with Crippen LogP contribution in [0.5, 0.6) is 11.5 Å². The number of likely N-dealkylation sites (tertiary alicyclic amines) is 1. The summed E-state index contributed by atoms with van der Waals surface area (Å²) in [6.45, 7) is 1.13. The van der Waals surface area contributed by atoms with Gasteiger partial charge in [-0.25, -0.2) is 4.68 Å². The van der Waals surface area contributed by atoms with Gasteiger partial charge in [0.15, 0.2) is 17.5 Å². The first-order valence-electron chi connectivity index (χ1n) is 12.0. The van der Waals surface area contributed by atoms with E-state index in [-0.39, 0.29) is 24.2 Å². The summed E-state index contributed by atoms with van der Waals surface area (Å²) in [7, 11) is 2.98. The smallest absolute Gasteiger partial charge is 0.410 e. The Morgan fingerprint density at radius 2 is 1.81 bits per heavy atom. The Labute approximate surface area is 212 Å². The highest BCUT2D eigenvalue weighted by atomic mass is 19.4. The number of carbonyl (C=O) groups excluding carboxylic acids is 1. The minimum Gasteiger partial charge on any atom is -0.493 e. The molecule has 0 aliphatic carbocycles. The zero-order chi connectivity index (χ0) is 26.3. The lowest BCUT2D eigenvalue weighted by atomic mass is 9.96. The van der Waals surface area contributed by atoms with Gasteiger partial charge in [0.2, 0.25) is 0 Å². The summed E-state index contributed by atoms with van der Waals surface area (Å²) >= 11 is 0. The largest absolute Gasteiger partial charge is 0.493 e. The first kappa shape index (κ1) is 24.9. The van der Waals surface area contributed by atoms with Gasteiger partial charge < -0.3 is 25.4 Å². The van der Waals surface area contributed by atoms with Gasteiger partial charge in [-0.1, -0.05) is 18.2 Å². The number of ether oxygens (including phenoxy) is 2. The zero-order valence-electron chi connectivity index (χ0n) is 20.5. The molecule has 0 bridgehead atoms. The number of carbonyl (C=O) groups is 1. The first-order chi connectivity index (χ1) is 17.7. The van der Waals surface area contributed by atoms with Crippen LogP contribution in [0, 0.1) is 0 Å². The lowest BCUT2D eigenvalue weighted by Crippen LogP contribution is -2.35. The molecule has 0 spiro atoms. The number of alkyl halides is 3. The summed E-state index contributed by atoms with van der Waals surface area (Å²) in [5.74, 6) is 1.08. The third-order valence-electron chi connectivity index (χ3n) is 6.94. The van der Waals surface area contributed by atoms with Gasteiger partial charge >= 0.3 is 6.18 Å². The van der Waals surface area contributed by atoms with Gasteiger partial charge in [0.1, 0.15) is 5.82 Å². The van der Waals surface area contributed by atoms with Crippen LogP contribution in [0.3, 0.4) is 0 Å². The Hall–Kier alpha value is -3.73. The maximum atomic E-state index is 14.1. The Morgan fingerprint density at radius 1 is 1.08 bits per heavy atom. The van der Waals surface area contributed by atoms with E-state index in [0.29, 0.717) is 47.0 Å². The number of nitrogens with zero attached hydrogens (tertiary/aromatic N) is 3. The fraction of sp³-hybridized carbons (Fsp3) is 0.385. The molecule has 1 amide bonds. The summed E-state index contributed by atoms with van der Waals surface area (Å²) in [5.41, 5.74) is 8.04. The van der Waals surface area contributed by atoms with E-state index < -0.39 is 18.3 Å². The second-order valence-corrected chi connectivity index (χ2v) is 9.34. The number of anilines is 1. The molecule has 1 fully saturated rings. The number of halogens is 3. The van der Waals surface area contributed by atoms with Crippen molar-refractivity contribution in [1.29, 1.82) is 0 Å². The van der Waals surface area contributed by atoms with Gasteiger partial charge in [-0.15, -0.1) is 0 Å². The molecule has 5 rings (SSSR count). The predicted octanol–water partition coefficient (Wildman–Crippen LogP) is 4.40. The van der Waals surface area contributed by atoms with Gasteiger partial charge in [0.25, 0.3) is 5.91 Å². The van der Waals surface area contributed by atoms with Crippen LogP contribution in [-0.4, -0.2) is 60.1 Å². The molecule has 3 unspecified atom stereocenters. The third kappa shape index (κ3) is 4.83. The molecular formula is C26H28F3N5O3. The fourth-order valence-electron chi connectivity index (χ4n) is 4.94. The normalized spacial score (nSPS) is 21.4. The molecule has 0 radical (unpaired) electrons. The number of nitrogens with one attached hydrogen (secondary N) is 1. The highest BCUT2D eigenvalue weighted by Crippen LogP contribution is 2.45. The molecule has 2 aliphatic rings. The topological polar surface area (TPSA) is 94.6 Å². The molecule has 2 aromatic carbocycles. The molecule has 3 atom stereocenters. The maximum absolute atomic E-state index is 14.1. The molecule has 1 saturated heterocycles. The minimum absolute atomic E-state index is 0.0167. The molecule has 1 aromatic heterocycles. The molecule has 2 aliphatic heterocycles. The van der Waals surface area contributed by atoms with E-state index in [9.17, 15) is 18.0 Å². The molecule has 196 valence electrons. The predicted molar refractivity (Wildman–Crippen MR) is 132 cm³/mol. The van der Waals surface area contributed by atoms with Gasteiger partial charge in [0.05, 0.1) is 26.0 Å². The molecule has 0 saturated carbocycles. The SMILES string of the molecule is COc1ccc(C2CC(C(F)(F)F)n3nc(-c4ccc(C(=O)N5CCC(N)C5)cc4)cc3N2)cc1OC. The molecule has 3 aromatic rings. The van der Waals surface area contributed by atoms with Crippen LogP contribution in [0.25, 0.3) is 11.3 Å². The van der Waals surface area contributed by atoms with Crippen molar-refractivity contribution < 1.29 is 27.4 Å². The average molecular weight is 516 g/mol. The number of amides is 1. The van der Waals surface area contributed by atoms with Crippen LogP contribution in [0.4, 0.5) is 19.0 Å². The van der Waals surface area contributed by atoms with E-state index in [1.54, 1.807) is 53.4 Å². The van der Waals surface area contributed by atoms with Crippen molar-refractivity contribution in [2.45, 2.75) is 37.1 Å². The number of methoxy groups -OCH3 is 2. The quantitative estimate of drug-likeness (QED) is 0.523. The number of nitrogens with two attached hydrogens (primary N) is 1. The summed E-state index contributed by atoms with van der Waals surface area (Å²) in [6, 6.07) is 11.0. The van der Waals surface area contributed by atoms with Gasteiger partial charge in [-0.3, -0.25) is 4.79 Å². The van der Waals surface area contributed by atoms with Crippen LogP contribution < -0.4 is 20.5 Å². The zero-order valence-corrected chi connectivity index (χ0v) is 20.5. The number of hydrogen-bond donors (Lipinski definition) is 2. The van der Waals surface area contributed by atoms with Crippen molar-refractivity contribution in [2.24, 2.45) is 5.73 Å². The number of hydrogen-bond acceptors (Lipinski definition) is 6. The number of aromatic nitrogens is 2. The molecule has 3 N–H and O–H groups in total.